The van der Waals surface area contributed by atoms with Gasteiger partial charge in [0.05, 0.1) is 10.2 Å². The highest BCUT2D eigenvalue weighted by molar-refractivity contribution is 7.19. The Labute approximate surface area is 286 Å². The van der Waals surface area contributed by atoms with Crippen LogP contribution in [-0.4, -0.2) is 109 Å². The number of carbonyl (C=O) groups is 3. The maximum atomic E-state index is 13.2. The summed E-state index contributed by atoms with van der Waals surface area (Å²) in [4.78, 5) is 55.6. The fraction of sp³-hybridized carbons (Fsp3) is 0.417. The van der Waals surface area contributed by atoms with E-state index in [1.165, 1.54) is 6.20 Å². The molecule has 2 aliphatic rings. The van der Waals surface area contributed by atoms with Gasteiger partial charge in [-0.3, -0.25) is 14.6 Å². The molecule has 3 amide bonds. The minimum atomic E-state index is -0.533. The van der Waals surface area contributed by atoms with Crippen molar-refractivity contribution in [3.63, 3.8) is 0 Å². The van der Waals surface area contributed by atoms with Gasteiger partial charge in [0.2, 0.25) is 5.91 Å². The van der Waals surface area contributed by atoms with E-state index < -0.39 is 5.60 Å². The van der Waals surface area contributed by atoms with Gasteiger partial charge >= 0.3 is 6.09 Å². The quantitative estimate of drug-likeness (QED) is 0.324. The van der Waals surface area contributed by atoms with E-state index >= 15 is 0 Å². The average Bonchev–Trinajstić information content (AvgIpc) is 3.51. The van der Waals surface area contributed by atoms with Crippen LogP contribution in [0.4, 0.5) is 10.5 Å². The van der Waals surface area contributed by atoms with Crippen molar-refractivity contribution in [2.24, 2.45) is 10.7 Å². The van der Waals surface area contributed by atoms with Gasteiger partial charge in [-0.2, -0.15) is 0 Å². The number of nitrogens with zero attached hydrogens (tertiary/aromatic N) is 6. The number of piperazine rings is 1. The fourth-order valence-corrected chi connectivity index (χ4v) is 6.79. The van der Waals surface area contributed by atoms with Crippen LogP contribution in [0.5, 0.6) is 0 Å². The van der Waals surface area contributed by atoms with Gasteiger partial charge in [0, 0.05) is 94.9 Å². The van der Waals surface area contributed by atoms with E-state index in [-0.39, 0.29) is 17.9 Å². The van der Waals surface area contributed by atoms with Crippen molar-refractivity contribution in [3.8, 4) is 11.1 Å². The van der Waals surface area contributed by atoms with Gasteiger partial charge in [0.25, 0.3) is 5.91 Å². The zero-order valence-electron chi connectivity index (χ0n) is 28.4. The Morgan fingerprint density at radius 3 is 2.54 bits per heavy atom. The number of nitrogens with two attached hydrogens (primary N) is 1. The second-order valence-electron chi connectivity index (χ2n) is 13.1. The first kappa shape index (κ1) is 34.6. The van der Waals surface area contributed by atoms with Crippen LogP contribution in [0.3, 0.4) is 0 Å². The zero-order chi connectivity index (χ0) is 34.4. The highest BCUT2D eigenvalue weighted by atomic mass is 32.1. The number of hydrogen-bond acceptors (Lipinski definition) is 9. The smallest absolute Gasteiger partial charge is 0.410 e. The number of aromatic nitrogens is 1. The van der Waals surface area contributed by atoms with E-state index in [4.69, 9.17) is 15.5 Å². The lowest BCUT2D eigenvalue weighted by atomic mass is 10.00. The van der Waals surface area contributed by atoms with E-state index in [1.807, 2.05) is 49.9 Å². The topological polar surface area (TPSA) is 125 Å². The third kappa shape index (κ3) is 8.41. The number of benzene rings is 2. The van der Waals surface area contributed by atoms with Gasteiger partial charge in [-0.1, -0.05) is 18.2 Å². The van der Waals surface area contributed by atoms with Crippen molar-refractivity contribution in [2.45, 2.75) is 39.2 Å². The minimum absolute atomic E-state index is 0.0545. The molecule has 0 saturated carbocycles. The van der Waals surface area contributed by atoms with Crippen LogP contribution in [0.25, 0.3) is 26.9 Å². The lowest BCUT2D eigenvalue weighted by molar-refractivity contribution is -0.130. The summed E-state index contributed by atoms with van der Waals surface area (Å²) in [6.45, 7) is 9.67. The van der Waals surface area contributed by atoms with Crippen LogP contribution in [0.1, 0.15) is 49.0 Å². The molecule has 48 heavy (non-hydrogen) atoms. The number of aliphatic imine (C=N–C) groups is 1. The number of allylic oxidation sites excluding steroid dienone is 1. The standard InChI is InChI=1S/C36H45N7O4S/c1-36(2,3)47-35(46)42-19-17-41(18-20-42)28-11-6-9-25(21-28)29-22-27(34(45)40(4)5)23-30-32(29)39-33(48-30)26-10-7-16-43(24-26)31(44)12-15-38-14-8-13-37/h6,8-11,13-14,21-23H,7,12,15-20,24,37H2,1-5H3/b13-8-,38-14?. The van der Waals surface area contributed by atoms with Gasteiger partial charge in [-0.25, -0.2) is 9.78 Å². The molecule has 11 nitrogen and oxygen atoms in total. The molecule has 254 valence electrons. The van der Waals surface area contributed by atoms with Gasteiger partial charge in [0.1, 0.15) is 10.6 Å². The SMILES string of the molecule is CN(C)C(=O)c1cc(-c2cccc(N3CCN(C(=O)OC(C)(C)C)CC3)c2)c2nc(C3=CCCN(C(=O)CCN=C/C=C\N)C3)sc2c1. The summed E-state index contributed by atoms with van der Waals surface area (Å²) in [5.41, 5.74) is 10.1. The number of amides is 3. The summed E-state index contributed by atoms with van der Waals surface area (Å²) in [5.74, 6) is -0.0281. The predicted octanol–water partition coefficient (Wildman–Crippen LogP) is 5.27. The Kier molecular flexibility index (Phi) is 10.8. The van der Waals surface area contributed by atoms with Crippen molar-refractivity contribution < 1.29 is 19.1 Å². The van der Waals surface area contributed by atoms with Gasteiger partial charge in [0.15, 0.2) is 0 Å². The molecule has 0 unspecified atom stereocenters. The molecule has 0 radical (unpaired) electrons. The molecule has 12 heteroatoms. The van der Waals surface area contributed by atoms with E-state index in [0.717, 1.165) is 44.0 Å². The Bertz CT molecular complexity index is 1750. The molecular weight excluding hydrogens is 627 g/mol. The third-order valence-electron chi connectivity index (χ3n) is 8.14. The van der Waals surface area contributed by atoms with Crippen LogP contribution in [0.2, 0.25) is 0 Å². The first-order valence-corrected chi connectivity index (χ1v) is 17.1. The number of rotatable bonds is 8. The summed E-state index contributed by atoms with van der Waals surface area (Å²) in [6, 6.07) is 12.1. The molecule has 0 spiro atoms. The molecule has 2 aliphatic heterocycles. The van der Waals surface area contributed by atoms with Gasteiger partial charge < -0.3 is 30.1 Å². The molecule has 2 N–H and O–H groups in total. The summed E-state index contributed by atoms with van der Waals surface area (Å²) >= 11 is 1.54. The maximum Gasteiger partial charge on any atom is 0.410 e. The number of fused-ring (bicyclic) bond motifs is 1. The summed E-state index contributed by atoms with van der Waals surface area (Å²) in [6.07, 6.45) is 7.59. The Morgan fingerprint density at radius 2 is 1.83 bits per heavy atom. The molecule has 5 rings (SSSR count). The molecule has 0 atom stereocenters. The van der Waals surface area contributed by atoms with Crippen molar-refractivity contribution in [1.82, 2.24) is 19.7 Å². The number of anilines is 1. The number of thiazole rings is 1. The van der Waals surface area contributed by atoms with Crippen molar-refractivity contribution in [2.75, 3.05) is 64.8 Å². The highest BCUT2D eigenvalue weighted by Gasteiger charge is 2.27. The van der Waals surface area contributed by atoms with E-state index in [1.54, 1.807) is 47.5 Å². The van der Waals surface area contributed by atoms with Crippen LogP contribution >= 0.6 is 11.3 Å². The van der Waals surface area contributed by atoms with Gasteiger partial charge in [-0.15, -0.1) is 11.3 Å². The summed E-state index contributed by atoms with van der Waals surface area (Å²) < 4.78 is 6.48. The van der Waals surface area contributed by atoms with E-state index in [0.29, 0.717) is 57.8 Å². The molecule has 0 aliphatic carbocycles. The second-order valence-corrected chi connectivity index (χ2v) is 14.1. The average molecular weight is 672 g/mol. The Morgan fingerprint density at radius 1 is 1.06 bits per heavy atom. The molecule has 1 aromatic heterocycles. The lowest BCUT2D eigenvalue weighted by Gasteiger charge is -2.36. The second kappa shape index (κ2) is 15.0. The van der Waals surface area contributed by atoms with E-state index in [9.17, 15) is 14.4 Å². The molecule has 2 aromatic carbocycles. The Hall–Kier alpha value is -4.71. The first-order valence-electron chi connectivity index (χ1n) is 16.3. The lowest BCUT2D eigenvalue weighted by Crippen LogP contribution is -2.50. The van der Waals surface area contributed by atoms with Crippen LogP contribution in [0.15, 0.2) is 59.7 Å². The van der Waals surface area contributed by atoms with Crippen LogP contribution < -0.4 is 10.6 Å². The normalized spacial score (nSPS) is 15.8. The fourth-order valence-electron chi connectivity index (χ4n) is 5.73. The molecule has 1 fully saturated rings. The monoisotopic (exact) mass is 671 g/mol. The molecule has 1 saturated heterocycles. The maximum absolute atomic E-state index is 13.2. The summed E-state index contributed by atoms with van der Waals surface area (Å²) in [7, 11) is 3.50. The zero-order valence-corrected chi connectivity index (χ0v) is 29.3. The number of hydrogen-bond donors (Lipinski definition) is 1. The number of carbonyl (C=O) groups excluding carboxylic acids is 3. The van der Waals surface area contributed by atoms with Gasteiger partial charge in [-0.05, 0) is 69.3 Å². The van der Waals surface area contributed by atoms with Crippen LogP contribution in [-0.2, 0) is 9.53 Å². The minimum Gasteiger partial charge on any atom is -0.444 e. The third-order valence-corrected chi connectivity index (χ3v) is 9.22. The van der Waals surface area contributed by atoms with Crippen molar-refractivity contribution >= 4 is 56.9 Å². The molecular formula is C36H45N7O4S. The molecule has 0 bridgehead atoms. The van der Waals surface area contributed by atoms with Crippen molar-refractivity contribution in [3.05, 3.63) is 65.3 Å². The highest BCUT2D eigenvalue weighted by Crippen LogP contribution is 2.38. The predicted molar refractivity (Wildman–Crippen MR) is 194 cm³/mol. The van der Waals surface area contributed by atoms with Crippen molar-refractivity contribution in [1.29, 1.82) is 0 Å². The molecule has 3 aromatic rings. The first-order chi connectivity index (χ1) is 22.9. The van der Waals surface area contributed by atoms with Crippen LogP contribution in [0, 0.1) is 0 Å². The molecule has 3 heterocycles. The largest absolute Gasteiger partial charge is 0.444 e. The number of ether oxygens (including phenoxy) is 1. The Balaban J connectivity index is 1.40. The summed E-state index contributed by atoms with van der Waals surface area (Å²) in [5, 5.41) is 0.846. The van der Waals surface area contributed by atoms with E-state index in [2.05, 4.69) is 28.1 Å².